The van der Waals surface area contributed by atoms with Crippen LogP contribution in [0.3, 0.4) is 0 Å². The van der Waals surface area contributed by atoms with Crippen molar-refractivity contribution in [3.05, 3.63) is 76.6 Å². The highest BCUT2D eigenvalue weighted by atomic mass is 32.1. The number of fused-ring (bicyclic) bond motifs is 1. The molecule has 3 heterocycles. The van der Waals surface area contributed by atoms with Crippen LogP contribution in [0.25, 0.3) is 15.9 Å². The molecule has 0 spiro atoms. The van der Waals surface area contributed by atoms with E-state index in [0.717, 1.165) is 11.3 Å². The second-order valence-corrected chi connectivity index (χ2v) is 8.81. The van der Waals surface area contributed by atoms with Crippen LogP contribution in [0.1, 0.15) is 17.3 Å². The molecule has 1 saturated heterocycles. The van der Waals surface area contributed by atoms with E-state index >= 15 is 0 Å². The minimum absolute atomic E-state index is 0.0725. The topological polar surface area (TPSA) is 98.4 Å². The number of hydrogen-bond acceptors (Lipinski definition) is 9. The molecule has 36 heavy (non-hydrogen) atoms. The fourth-order valence-corrected chi connectivity index (χ4v) is 4.89. The highest BCUT2D eigenvalue weighted by Crippen LogP contribution is 2.37. The number of anilines is 1. The average molecular weight is 502 g/mol. The molecule has 5 rings (SSSR count). The Bertz CT molecular complexity index is 1500. The monoisotopic (exact) mass is 501 g/mol. The maximum absolute atomic E-state index is 14.0. The largest absolute Gasteiger partial charge is 0.462 e. The first-order valence-electron chi connectivity index (χ1n) is 11.5. The number of carbonyl (C=O) groups excluding carboxylic acids is 1. The Labute approximate surface area is 211 Å². The van der Waals surface area contributed by atoms with E-state index in [9.17, 15) is 9.59 Å². The van der Waals surface area contributed by atoms with Gasteiger partial charge in [-0.3, -0.25) is 4.79 Å². The first-order valence-corrected chi connectivity index (χ1v) is 12.4. The van der Waals surface area contributed by atoms with Gasteiger partial charge >= 0.3 is 5.97 Å². The minimum Gasteiger partial charge on any atom is -0.462 e. The first kappa shape index (κ1) is 23.6. The third kappa shape index (κ3) is 4.70. The van der Waals surface area contributed by atoms with Gasteiger partial charge in [-0.25, -0.2) is 14.3 Å². The van der Waals surface area contributed by atoms with Crippen molar-refractivity contribution in [3.8, 4) is 5.69 Å². The summed E-state index contributed by atoms with van der Waals surface area (Å²) in [6.07, 6.45) is 0. The molecule has 0 N–H and O–H groups in total. The van der Waals surface area contributed by atoms with Crippen molar-refractivity contribution in [2.75, 3.05) is 37.8 Å². The van der Waals surface area contributed by atoms with Gasteiger partial charge in [0.1, 0.15) is 21.4 Å². The molecule has 0 unspecified atom stereocenters. The normalized spacial score (nSPS) is 13.3. The Hall–Kier alpha value is -4.11. The maximum atomic E-state index is 14.0. The molecule has 0 amide bonds. The number of aromatic nitrogens is 2. The zero-order valence-corrected chi connectivity index (χ0v) is 20.4. The van der Waals surface area contributed by atoms with Crippen LogP contribution in [0.2, 0.25) is 0 Å². The maximum Gasteiger partial charge on any atom is 0.342 e. The number of carbonyl (C=O) groups is 1. The fraction of sp³-hybridized carbons (Fsp3) is 0.231. The second-order valence-electron chi connectivity index (χ2n) is 7.83. The predicted molar refractivity (Wildman–Crippen MR) is 140 cm³/mol. The number of aliphatic imine (C=N–C) groups is 2. The average Bonchev–Trinajstić information content (AvgIpc) is 3.29. The number of benzene rings is 2. The van der Waals surface area contributed by atoms with E-state index < -0.39 is 5.97 Å². The molecule has 0 radical (unpaired) electrons. The van der Waals surface area contributed by atoms with Gasteiger partial charge in [-0.05, 0) is 31.2 Å². The third-order valence-electron chi connectivity index (χ3n) is 5.56. The summed E-state index contributed by atoms with van der Waals surface area (Å²) >= 11 is 1.14. The molecular formula is C26H23N5O4S. The zero-order chi connectivity index (χ0) is 24.9. The minimum atomic E-state index is -0.637. The number of esters is 1. The van der Waals surface area contributed by atoms with Crippen LogP contribution in [-0.4, -0.2) is 54.4 Å². The first-order chi connectivity index (χ1) is 17.7. The summed E-state index contributed by atoms with van der Waals surface area (Å²) in [5.74, 6) is -0.145. The van der Waals surface area contributed by atoms with E-state index in [1.807, 2.05) is 65.6 Å². The molecule has 0 saturated carbocycles. The quantitative estimate of drug-likeness (QED) is 0.283. The Kier molecular flexibility index (Phi) is 6.99. The number of morpholine rings is 1. The summed E-state index contributed by atoms with van der Waals surface area (Å²) in [5.41, 5.74) is 1.02. The number of thiophene rings is 1. The lowest BCUT2D eigenvalue weighted by molar-refractivity contribution is 0.0530. The van der Waals surface area contributed by atoms with Gasteiger partial charge in [0.25, 0.3) is 5.56 Å². The highest BCUT2D eigenvalue weighted by molar-refractivity contribution is 7.22. The lowest BCUT2D eigenvalue weighted by atomic mass is 10.2. The van der Waals surface area contributed by atoms with E-state index in [1.165, 1.54) is 4.57 Å². The molecule has 10 heteroatoms. The smallest absolute Gasteiger partial charge is 0.342 e. The Morgan fingerprint density at radius 2 is 1.78 bits per heavy atom. The van der Waals surface area contributed by atoms with Gasteiger partial charge < -0.3 is 14.4 Å². The fourth-order valence-electron chi connectivity index (χ4n) is 3.92. The summed E-state index contributed by atoms with van der Waals surface area (Å²) in [6, 6.07) is 21.1. The van der Waals surface area contributed by atoms with E-state index in [0.29, 0.717) is 48.5 Å². The highest BCUT2D eigenvalue weighted by Gasteiger charge is 2.28. The SMILES string of the molecule is CCOC(=O)c1c(N=C=Nc2ccccc2)sc2nc(N3CCOCC3)n(-c3ccccc3)c(=O)c12. The van der Waals surface area contributed by atoms with Crippen molar-refractivity contribution >= 4 is 50.2 Å². The number of ether oxygens (including phenoxy) is 2. The standard InChI is InChI=1S/C26H23N5O4S/c1-2-35-25(33)21-20-23(36-22(21)28-17-27-18-9-5-3-6-10-18)29-26(30-13-15-34-16-14-30)31(24(20)32)19-11-7-4-8-12-19/h3-12H,2,13-16H2,1H3. The van der Waals surface area contributed by atoms with E-state index in [2.05, 4.69) is 16.0 Å². The van der Waals surface area contributed by atoms with Crippen molar-refractivity contribution in [3.63, 3.8) is 0 Å². The van der Waals surface area contributed by atoms with Crippen LogP contribution in [0.15, 0.2) is 75.4 Å². The second kappa shape index (κ2) is 10.7. The molecule has 4 aromatic rings. The number of rotatable bonds is 6. The van der Waals surface area contributed by atoms with Crippen molar-refractivity contribution in [1.29, 1.82) is 0 Å². The Morgan fingerprint density at radius 3 is 2.47 bits per heavy atom. The van der Waals surface area contributed by atoms with Gasteiger partial charge in [0.05, 0.1) is 36.6 Å². The molecule has 1 aliphatic heterocycles. The molecule has 0 aliphatic carbocycles. The van der Waals surface area contributed by atoms with Crippen LogP contribution in [0, 0.1) is 0 Å². The van der Waals surface area contributed by atoms with Gasteiger partial charge in [0.2, 0.25) is 5.95 Å². The van der Waals surface area contributed by atoms with Crippen LogP contribution < -0.4 is 10.5 Å². The van der Waals surface area contributed by atoms with Crippen LogP contribution in [0.5, 0.6) is 0 Å². The molecule has 182 valence electrons. The predicted octanol–water partition coefficient (Wildman–Crippen LogP) is 4.60. The third-order valence-corrected chi connectivity index (χ3v) is 6.54. The van der Waals surface area contributed by atoms with E-state index in [4.69, 9.17) is 14.5 Å². The van der Waals surface area contributed by atoms with Crippen molar-refractivity contribution in [1.82, 2.24) is 9.55 Å². The van der Waals surface area contributed by atoms with Gasteiger partial charge in [-0.1, -0.05) is 47.7 Å². The zero-order valence-electron chi connectivity index (χ0n) is 19.6. The molecule has 0 atom stereocenters. The summed E-state index contributed by atoms with van der Waals surface area (Å²) < 4.78 is 12.3. The molecule has 1 fully saturated rings. The summed E-state index contributed by atoms with van der Waals surface area (Å²) in [6.45, 7) is 4.12. The Balaban J connectivity index is 1.75. The van der Waals surface area contributed by atoms with Crippen molar-refractivity contribution in [2.45, 2.75) is 6.92 Å². The molecule has 2 aromatic heterocycles. The summed E-state index contributed by atoms with van der Waals surface area (Å²) in [4.78, 5) is 42.8. The van der Waals surface area contributed by atoms with Gasteiger partial charge in [-0.15, -0.1) is 0 Å². The molecular weight excluding hydrogens is 478 g/mol. The molecule has 0 bridgehead atoms. The van der Waals surface area contributed by atoms with E-state index in [1.54, 1.807) is 6.92 Å². The summed E-state index contributed by atoms with van der Waals surface area (Å²) in [5, 5.41) is 0.436. The Morgan fingerprint density at radius 1 is 1.08 bits per heavy atom. The van der Waals surface area contributed by atoms with Crippen molar-refractivity contribution < 1.29 is 14.3 Å². The van der Waals surface area contributed by atoms with Gasteiger partial charge in [0, 0.05) is 13.1 Å². The van der Waals surface area contributed by atoms with Crippen LogP contribution in [-0.2, 0) is 9.47 Å². The lowest BCUT2D eigenvalue weighted by Crippen LogP contribution is -2.40. The van der Waals surface area contributed by atoms with Crippen LogP contribution in [0.4, 0.5) is 16.6 Å². The summed E-state index contributed by atoms with van der Waals surface area (Å²) in [7, 11) is 0. The number of nitrogens with zero attached hydrogens (tertiary/aromatic N) is 5. The van der Waals surface area contributed by atoms with E-state index in [-0.39, 0.29) is 28.1 Å². The van der Waals surface area contributed by atoms with Crippen molar-refractivity contribution in [2.24, 2.45) is 9.98 Å². The van der Waals surface area contributed by atoms with Gasteiger partial charge in [-0.2, -0.15) is 9.98 Å². The van der Waals surface area contributed by atoms with Gasteiger partial charge in [0.15, 0.2) is 0 Å². The lowest BCUT2D eigenvalue weighted by Gasteiger charge is -2.29. The molecule has 2 aromatic carbocycles. The molecule has 9 nitrogen and oxygen atoms in total. The molecule has 1 aliphatic rings. The van der Waals surface area contributed by atoms with Crippen LogP contribution >= 0.6 is 11.3 Å². The number of hydrogen-bond donors (Lipinski definition) is 0. The number of para-hydroxylation sites is 2.